The van der Waals surface area contributed by atoms with Gasteiger partial charge in [0.15, 0.2) is 0 Å². The minimum absolute atomic E-state index is 0.472. The Kier molecular flexibility index (Phi) is 3.09. The van der Waals surface area contributed by atoms with E-state index in [2.05, 4.69) is 14.9 Å². The molecule has 6 nitrogen and oxygen atoms in total. The quantitative estimate of drug-likeness (QED) is 0.674. The minimum Gasteiger partial charge on any atom is -0.478 e. The molecule has 0 aliphatic rings. The van der Waals surface area contributed by atoms with Crippen LogP contribution in [-0.2, 0) is 9.59 Å². The van der Waals surface area contributed by atoms with Crippen LogP contribution < -0.4 is 5.32 Å². The van der Waals surface area contributed by atoms with Crippen molar-refractivity contribution >= 4 is 28.4 Å². The number of hydrogen-bond acceptors (Lipinski definition) is 5. The molecule has 0 saturated carbocycles. The average Bonchev–Trinajstić information content (AvgIpc) is 2.53. The highest BCUT2D eigenvalue weighted by Crippen LogP contribution is 2.08. The van der Waals surface area contributed by atoms with Gasteiger partial charge in [0.2, 0.25) is 5.91 Å². The van der Waals surface area contributed by atoms with E-state index in [0.29, 0.717) is 5.00 Å². The van der Waals surface area contributed by atoms with Gasteiger partial charge in [-0.2, -0.15) is 0 Å². The molecule has 0 radical (unpaired) electrons. The molecule has 1 heterocycles. The maximum atomic E-state index is 10.9. The van der Waals surface area contributed by atoms with Crippen molar-refractivity contribution in [2.45, 2.75) is 0 Å². The maximum Gasteiger partial charge on any atom is 0.328 e. The number of carbonyl (C=O) groups is 2. The maximum absolute atomic E-state index is 10.9. The third-order valence-corrected chi connectivity index (χ3v) is 1.57. The molecule has 1 aromatic heterocycles. The highest BCUT2D eigenvalue weighted by atomic mass is 32.1. The normalized spacial score (nSPS) is 10.2. The molecule has 1 amide bonds. The Morgan fingerprint density at radius 3 is 2.85 bits per heavy atom. The molecule has 7 heteroatoms. The number of nitrogens with one attached hydrogen (secondary N) is 1. The predicted molar refractivity (Wildman–Crippen MR) is 45.3 cm³/mol. The van der Waals surface area contributed by atoms with Crippen molar-refractivity contribution in [2.24, 2.45) is 0 Å². The summed E-state index contributed by atoms with van der Waals surface area (Å²) in [5.74, 6) is -1.69. The van der Waals surface area contributed by atoms with Crippen LogP contribution in [0.15, 0.2) is 18.3 Å². The number of carbonyl (C=O) groups excluding carboxylic acids is 1. The van der Waals surface area contributed by atoms with Crippen molar-refractivity contribution in [1.29, 1.82) is 0 Å². The van der Waals surface area contributed by atoms with Crippen LogP contribution in [0, 0.1) is 0 Å². The van der Waals surface area contributed by atoms with Gasteiger partial charge in [0.25, 0.3) is 0 Å². The van der Waals surface area contributed by atoms with Crippen LogP contribution in [0.5, 0.6) is 0 Å². The van der Waals surface area contributed by atoms with Gasteiger partial charge in [0.05, 0.1) is 6.20 Å². The second-order valence-corrected chi connectivity index (χ2v) is 2.73. The Balaban J connectivity index is 2.47. The molecule has 0 saturated heterocycles. The van der Waals surface area contributed by atoms with Crippen LogP contribution in [0.4, 0.5) is 5.00 Å². The number of aromatic nitrogens is 2. The van der Waals surface area contributed by atoms with E-state index in [9.17, 15) is 9.59 Å². The Morgan fingerprint density at radius 1 is 1.54 bits per heavy atom. The van der Waals surface area contributed by atoms with Crippen molar-refractivity contribution in [1.82, 2.24) is 9.59 Å². The first-order chi connectivity index (χ1) is 6.18. The standard InChI is InChI=1S/C6H5N3O3S/c10-4(1-2-6(11)12)8-5-3-7-9-13-5/h1-3H,(H,8,10)(H,11,12)/b2-1+. The third kappa shape index (κ3) is 3.43. The zero-order chi connectivity index (χ0) is 9.68. The molecule has 2 N–H and O–H groups in total. The molecule has 13 heavy (non-hydrogen) atoms. The molecule has 0 aliphatic carbocycles. The molecule has 0 atom stereocenters. The van der Waals surface area contributed by atoms with Gasteiger partial charge in [-0.3, -0.25) is 4.79 Å². The SMILES string of the molecule is O=C(O)/C=C/C(=O)Nc1cnns1. The van der Waals surface area contributed by atoms with Gasteiger partial charge in [-0.1, -0.05) is 4.49 Å². The molecule has 0 aliphatic heterocycles. The molecule has 1 aromatic rings. The Morgan fingerprint density at radius 2 is 2.31 bits per heavy atom. The molecular formula is C6H5N3O3S. The fraction of sp³-hybridized carbons (Fsp3) is 0. The Labute approximate surface area is 77.1 Å². The van der Waals surface area contributed by atoms with Gasteiger partial charge >= 0.3 is 5.97 Å². The monoisotopic (exact) mass is 199 g/mol. The molecule has 0 aromatic carbocycles. The predicted octanol–water partition coefficient (Wildman–Crippen LogP) is 0.117. The summed E-state index contributed by atoms with van der Waals surface area (Å²) in [4.78, 5) is 20.9. The third-order valence-electron chi connectivity index (χ3n) is 0.985. The molecule has 0 unspecified atom stereocenters. The van der Waals surface area contributed by atoms with Crippen molar-refractivity contribution < 1.29 is 14.7 Å². The number of aliphatic carboxylic acids is 1. The number of carboxylic acids is 1. The number of nitrogens with zero attached hydrogens (tertiary/aromatic N) is 2. The van der Waals surface area contributed by atoms with Crippen LogP contribution in [-0.4, -0.2) is 26.6 Å². The topological polar surface area (TPSA) is 92.2 Å². The summed E-state index contributed by atoms with van der Waals surface area (Å²) in [6, 6.07) is 0. The Hall–Kier alpha value is -1.76. The second kappa shape index (κ2) is 4.31. The lowest BCUT2D eigenvalue weighted by Crippen LogP contribution is -2.07. The summed E-state index contributed by atoms with van der Waals surface area (Å²) < 4.78 is 3.51. The molecule has 0 fully saturated rings. The summed E-state index contributed by atoms with van der Waals surface area (Å²) >= 11 is 1.01. The van der Waals surface area contributed by atoms with E-state index in [4.69, 9.17) is 5.11 Å². The van der Waals surface area contributed by atoms with E-state index < -0.39 is 11.9 Å². The molecule has 68 valence electrons. The first-order valence-corrected chi connectivity index (χ1v) is 3.95. The van der Waals surface area contributed by atoms with Crippen molar-refractivity contribution in [3.8, 4) is 0 Å². The zero-order valence-corrected chi connectivity index (χ0v) is 7.11. The van der Waals surface area contributed by atoms with Crippen LogP contribution in [0.1, 0.15) is 0 Å². The lowest BCUT2D eigenvalue weighted by atomic mass is 10.5. The van der Waals surface area contributed by atoms with Gasteiger partial charge in [-0.15, -0.1) is 5.10 Å². The number of hydrogen-bond donors (Lipinski definition) is 2. The summed E-state index contributed by atoms with van der Waals surface area (Å²) in [7, 11) is 0. The van der Waals surface area contributed by atoms with E-state index in [1.165, 1.54) is 6.20 Å². The largest absolute Gasteiger partial charge is 0.478 e. The second-order valence-electron chi connectivity index (χ2n) is 1.94. The fourth-order valence-corrected chi connectivity index (χ4v) is 0.955. The van der Waals surface area contributed by atoms with Crippen LogP contribution in [0.25, 0.3) is 0 Å². The van der Waals surface area contributed by atoms with Crippen molar-refractivity contribution in [2.75, 3.05) is 5.32 Å². The van der Waals surface area contributed by atoms with E-state index in [1.807, 2.05) is 0 Å². The molecule has 1 rings (SSSR count). The van der Waals surface area contributed by atoms with Crippen LogP contribution in [0.2, 0.25) is 0 Å². The van der Waals surface area contributed by atoms with E-state index >= 15 is 0 Å². The summed E-state index contributed by atoms with van der Waals surface area (Å²) in [5, 5.41) is 14.5. The highest BCUT2D eigenvalue weighted by Gasteiger charge is 1.99. The first kappa shape index (κ1) is 9.33. The van der Waals surface area contributed by atoms with Crippen LogP contribution >= 0.6 is 11.5 Å². The van der Waals surface area contributed by atoms with Gasteiger partial charge in [-0.05, 0) is 0 Å². The van der Waals surface area contributed by atoms with E-state index in [0.717, 1.165) is 23.7 Å². The number of amides is 1. The smallest absolute Gasteiger partial charge is 0.328 e. The summed E-state index contributed by atoms with van der Waals surface area (Å²) in [6.45, 7) is 0. The lowest BCUT2D eigenvalue weighted by molar-refractivity contribution is -0.131. The molecule has 0 bridgehead atoms. The van der Waals surface area contributed by atoms with Gasteiger partial charge in [-0.25, -0.2) is 4.79 Å². The van der Waals surface area contributed by atoms with Crippen LogP contribution in [0.3, 0.4) is 0 Å². The number of carboxylic acid groups (broad SMARTS) is 1. The minimum atomic E-state index is -1.17. The average molecular weight is 199 g/mol. The van der Waals surface area contributed by atoms with E-state index in [-0.39, 0.29) is 0 Å². The number of rotatable bonds is 3. The summed E-state index contributed by atoms with van der Waals surface area (Å²) in [6.07, 6.45) is 3.04. The first-order valence-electron chi connectivity index (χ1n) is 3.18. The number of anilines is 1. The van der Waals surface area contributed by atoms with Gasteiger partial charge < -0.3 is 10.4 Å². The Bertz CT molecular complexity index is 333. The van der Waals surface area contributed by atoms with Gasteiger partial charge in [0, 0.05) is 23.7 Å². The van der Waals surface area contributed by atoms with Crippen molar-refractivity contribution in [3.05, 3.63) is 18.3 Å². The summed E-state index contributed by atoms with van der Waals surface area (Å²) in [5.41, 5.74) is 0. The van der Waals surface area contributed by atoms with E-state index in [1.54, 1.807) is 0 Å². The highest BCUT2D eigenvalue weighted by molar-refractivity contribution is 7.10. The molecular weight excluding hydrogens is 194 g/mol. The lowest BCUT2D eigenvalue weighted by Gasteiger charge is -1.92. The fourth-order valence-electron chi connectivity index (χ4n) is 0.532. The van der Waals surface area contributed by atoms with Crippen molar-refractivity contribution in [3.63, 3.8) is 0 Å². The van der Waals surface area contributed by atoms with Gasteiger partial charge in [0.1, 0.15) is 5.00 Å². The molecule has 0 spiro atoms. The zero-order valence-electron chi connectivity index (χ0n) is 6.30.